The second kappa shape index (κ2) is 9.29. The molecule has 2 aromatic rings. The predicted octanol–water partition coefficient (Wildman–Crippen LogP) is 1.34. The van der Waals surface area contributed by atoms with E-state index in [2.05, 4.69) is 15.5 Å². The SMILES string of the molecule is O=C(CNC(=O)c1ccco1)NCC(c1cccc(F)c1)N1CCOCC1. The van der Waals surface area contributed by atoms with Crippen LogP contribution in [0.25, 0.3) is 0 Å². The van der Waals surface area contributed by atoms with E-state index >= 15 is 0 Å². The molecule has 0 aliphatic carbocycles. The van der Waals surface area contributed by atoms with E-state index in [1.54, 1.807) is 12.1 Å². The lowest BCUT2D eigenvalue weighted by molar-refractivity contribution is -0.120. The van der Waals surface area contributed by atoms with Crippen molar-refractivity contribution < 1.29 is 23.1 Å². The Morgan fingerprint density at radius 2 is 1.96 bits per heavy atom. The average Bonchev–Trinajstić information content (AvgIpc) is 3.22. The average molecular weight is 375 g/mol. The first kappa shape index (κ1) is 19.1. The van der Waals surface area contributed by atoms with Gasteiger partial charge in [0.05, 0.1) is 32.1 Å². The molecule has 0 bridgehead atoms. The molecule has 7 nitrogen and oxygen atoms in total. The maximum atomic E-state index is 13.7. The van der Waals surface area contributed by atoms with E-state index in [0.717, 1.165) is 5.56 Å². The molecule has 1 atom stereocenters. The number of hydrogen-bond acceptors (Lipinski definition) is 5. The summed E-state index contributed by atoms with van der Waals surface area (Å²) >= 11 is 0. The van der Waals surface area contributed by atoms with Crippen LogP contribution < -0.4 is 10.6 Å². The van der Waals surface area contributed by atoms with Gasteiger partial charge in [-0.1, -0.05) is 12.1 Å². The van der Waals surface area contributed by atoms with Gasteiger partial charge in [0.25, 0.3) is 5.91 Å². The van der Waals surface area contributed by atoms with Gasteiger partial charge >= 0.3 is 0 Å². The molecular weight excluding hydrogens is 353 g/mol. The Bertz CT molecular complexity index is 760. The van der Waals surface area contributed by atoms with Gasteiger partial charge in [0.15, 0.2) is 5.76 Å². The van der Waals surface area contributed by atoms with E-state index in [1.165, 1.54) is 24.5 Å². The van der Waals surface area contributed by atoms with Crippen LogP contribution in [0.15, 0.2) is 47.1 Å². The van der Waals surface area contributed by atoms with Crippen molar-refractivity contribution in [2.45, 2.75) is 6.04 Å². The summed E-state index contributed by atoms with van der Waals surface area (Å²) in [6.07, 6.45) is 1.39. The lowest BCUT2D eigenvalue weighted by Crippen LogP contribution is -2.45. The highest BCUT2D eigenvalue weighted by atomic mass is 19.1. The number of halogens is 1. The normalized spacial score (nSPS) is 15.9. The summed E-state index contributed by atoms with van der Waals surface area (Å²) in [5, 5.41) is 5.31. The van der Waals surface area contributed by atoms with Crippen molar-refractivity contribution in [1.82, 2.24) is 15.5 Å². The molecule has 2 N–H and O–H groups in total. The van der Waals surface area contributed by atoms with Crippen LogP contribution >= 0.6 is 0 Å². The Labute approximate surface area is 156 Å². The van der Waals surface area contributed by atoms with Crippen LogP contribution in [0.1, 0.15) is 22.2 Å². The maximum absolute atomic E-state index is 13.7. The molecular formula is C19H22FN3O4. The fraction of sp³-hybridized carbons (Fsp3) is 0.368. The van der Waals surface area contributed by atoms with Gasteiger partial charge in [-0.15, -0.1) is 0 Å². The summed E-state index contributed by atoms with van der Waals surface area (Å²) in [6, 6.07) is 9.31. The standard InChI is InChI=1S/C19H22FN3O4/c20-15-4-1-3-14(11-15)16(23-6-9-26-10-7-23)12-21-18(24)13-22-19(25)17-5-2-8-27-17/h1-5,8,11,16H,6-7,9-10,12-13H2,(H,21,24)(H,22,25). The van der Waals surface area contributed by atoms with Crippen molar-refractivity contribution in [3.63, 3.8) is 0 Å². The van der Waals surface area contributed by atoms with Crippen LogP contribution in [0, 0.1) is 5.82 Å². The lowest BCUT2D eigenvalue weighted by atomic mass is 10.0. The van der Waals surface area contributed by atoms with E-state index in [1.807, 2.05) is 6.07 Å². The number of carbonyl (C=O) groups excluding carboxylic acids is 2. The number of nitrogens with one attached hydrogen (secondary N) is 2. The molecule has 144 valence electrons. The smallest absolute Gasteiger partial charge is 0.287 e. The van der Waals surface area contributed by atoms with Gasteiger partial charge in [0.1, 0.15) is 5.82 Å². The number of furan rings is 1. The maximum Gasteiger partial charge on any atom is 0.287 e. The number of morpholine rings is 1. The highest BCUT2D eigenvalue weighted by Crippen LogP contribution is 2.22. The summed E-state index contributed by atoms with van der Waals surface area (Å²) < 4.78 is 24.0. The third-order valence-electron chi connectivity index (χ3n) is 4.37. The van der Waals surface area contributed by atoms with Gasteiger partial charge in [0.2, 0.25) is 5.91 Å². The number of amides is 2. The minimum atomic E-state index is -0.454. The zero-order chi connectivity index (χ0) is 19.1. The molecule has 1 aliphatic heterocycles. The quantitative estimate of drug-likeness (QED) is 0.763. The zero-order valence-electron chi connectivity index (χ0n) is 14.8. The molecule has 1 aromatic carbocycles. The van der Waals surface area contributed by atoms with Gasteiger partial charge in [-0.2, -0.15) is 0 Å². The van der Waals surface area contributed by atoms with Crippen LogP contribution in [-0.2, 0) is 9.53 Å². The van der Waals surface area contributed by atoms with Crippen molar-refractivity contribution in [3.8, 4) is 0 Å². The number of ether oxygens (including phenoxy) is 1. The molecule has 1 aromatic heterocycles. The first-order valence-corrected chi connectivity index (χ1v) is 8.79. The molecule has 3 rings (SSSR count). The topological polar surface area (TPSA) is 83.8 Å². The van der Waals surface area contributed by atoms with Gasteiger partial charge in [-0.25, -0.2) is 4.39 Å². The molecule has 1 unspecified atom stereocenters. The van der Waals surface area contributed by atoms with Crippen LogP contribution in [0.3, 0.4) is 0 Å². The molecule has 1 fully saturated rings. The number of carbonyl (C=O) groups is 2. The Morgan fingerprint density at radius 3 is 2.67 bits per heavy atom. The second-order valence-corrected chi connectivity index (χ2v) is 6.18. The minimum absolute atomic E-state index is 0.147. The third-order valence-corrected chi connectivity index (χ3v) is 4.37. The van der Waals surface area contributed by atoms with Crippen molar-refractivity contribution in [1.29, 1.82) is 0 Å². The largest absolute Gasteiger partial charge is 0.459 e. The van der Waals surface area contributed by atoms with E-state index in [-0.39, 0.29) is 30.1 Å². The Kier molecular flexibility index (Phi) is 6.56. The molecule has 8 heteroatoms. The number of hydrogen-bond donors (Lipinski definition) is 2. The molecule has 2 amide bonds. The van der Waals surface area contributed by atoms with Crippen molar-refractivity contribution >= 4 is 11.8 Å². The lowest BCUT2D eigenvalue weighted by Gasteiger charge is -2.35. The molecule has 0 saturated carbocycles. The molecule has 2 heterocycles. The predicted molar refractivity (Wildman–Crippen MR) is 95.6 cm³/mol. The zero-order valence-corrected chi connectivity index (χ0v) is 14.8. The molecule has 0 spiro atoms. The molecule has 27 heavy (non-hydrogen) atoms. The second-order valence-electron chi connectivity index (χ2n) is 6.18. The first-order chi connectivity index (χ1) is 13.1. The fourth-order valence-corrected chi connectivity index (χ4v) is 2.99. The number of nitrogens with zero attached hydrogens (tertiary/aromatic N) is 1. The van der Waals surface area contributed by atoms with E-state index < -0.39 is 5.91 Å². The molecule has 1 saturated heterocycles. The van der Waals surface area contributed by atoms with E-state index in [9.17, 15) is 14.0 Å². The van der Waals surface area contributed by atoms with Crippen LogP contribution in [0.5, 0.6) is 0 Å². The Balaban J connectivity index is 1.57. The van der Waals surface area contributed by atoms with Gasteiger partial charge in [-0.3, -0.25) is 14.5 Å². The summed E-state index contributed by atoms with van der Waals surface area (Å²) in [5.41, 5.74) is 0.789. The van der Waals surface area contributed by atoms with Crippen molar-refractivity contribution in [2.24, 2.45) is 0 Å². The minimum Gasteiger partial charge on any atom is -0.459 e. The van der Waals surface area contributed by atoms with Crippen LogP contribution in [0.2, 0.25) is 0 Å². The van der Waals surface area contributed by atoms with Crippen LogP contribution in [0.4, 0.5) is 4.39 Å². The Morgan fingerprint density at radius 1 is 1.15 bits per heavy atom. The summed E-state index contributed by atoms with van der Waals surface area (Å²) in [5.74, 6) is -0.953. The van der Waals surface area contributed by atoms with Crippen molar-refractivity contribution in [3.05, 3.63) is 59.8 Å². The van der Waals surface area contributed by atoms with E-state index in [0.29, 0.717) is 32.8 Å². The summed E-state index contributed by atoms with van der Waals surface area (Å²) in [4.78, 5) is 26.1. The van der Waals surface area contributed by atoms with Gasteiger partial charge in [0, 0.05) is 19.6 Å². The van der Waals surface area contributed by atoms with Gasteiger partial charge < -0.3 is 19.8 Å². The van der Waals surface area contributed by atoms with Crippen molar-refractivity contribution in [2.75, 3.05) is 39.4 Å². The van der Waals surface area contributed by atoms with Gasteiger partial charge in [-0.05, 0) is 29.8 Å². The first-order valence-electron chi connectivity index (χ1n) is 8.79. The number of rotatable bonds is 7. The fourth-order valence-electron chi connectivity index (χ4n) is 2.99. The molecule has 1 aliphatic rings. The highest BCUT2D eigenvalue weighted by molar-refractivity contribution is 5.94. The highest BCUT2D eigenvalue weighted by Gasteiger charge is 2.23. The molecule has 0 radical (unpaired) electrons. The summed E-state index contributed by atoms with van der Waals surface area (Å²) in [6.45, 7) is 2.73. The third kappa shape index (κ3) is 5.38. The van der Waals surface area contributed by atoms with Crippen LogP contribution in [-0.4, -0.2) is 56.1 Å². The number of benzene rings is 1. The summed E-state index contributed by atoms with van der Waals surface area (Å²) in [7, 11) is 0. The Hall–Kier alpha value is -2.71. The van der Waals surface area contributed by atoms with E-state index in [4.69, 9.17) is 9.15 Å². The monoisotopic (exact) mass is 375 g/mol.